The van der Waals surface area contributed by atoms with Crippen molar-refractivity contribution in [1.82, 2.24) is 9.55 Å². The molecule has 1 aromatic heterocycles. The molecular formula is C14H18ClN3. The van der Waals surface area contributed by atoms with E-state index in [1.807, 2.05) is 11.6 Å². The molecular weight excluding hydrogens is 246 g/mol. The zero-order valence-corrected chi connectivity index (χ0v) is 12.0. The van der Waals surface area contributed by atoms with Crippen LogP contribution in [0.4, 0.5) is 0 Å². The van der Waals surface area contributed by atoms with Crippen LogP contribution in [0.3, 0.4) is 0 Å². The monoisotopic (exact) mass is 263 g/mol. The van der Waals surface area contributed by atoms with Crippen molar-refractivity contribution in [3.05, 3.63) is 39.8 Å². The van der Waals surface area contributed by atoms with Crippen LogP contribution < -0.4 is 5.73 Å². The fourth-order valence-electron chi connectivity index (χ4n) is 2.42. The first-order valence-electron chi connectivity index (χ1n) is 5.95. The Kier molecular flexibility index (Phi) is 3.46. The van der Waals surface area contributed by atoms with Crippen LogP contribution in [0.2, 0.25) is 5.15 Å². The molecule has 2 aromatic rings. The van der Waals surface area contributed by atoms with E-state index in [9.17, 15) is 0 Å². The predicted octanol–water partition coefficient (Wildman–Crippen LogP) is 3.12. The van der Waals surface area contributed by atoms with E-state index in [-0.39, 0.29) is 0 Å². The summed E-state index contributed by atoms with van der Waals surface area (Å²) in [6, 6.07) is 4.30. The van der Waals surface area contributed by atoms with Crippen LogP contribution in [0.5, 0.6) is 0 Å². The van der Waals surface area contributed by atoms with Crippen LogP contribution >= 0.6 is 11.6 Å². The lowest BCUT2D eigenvalue weighted by atomic mass is 9.98. The Morgan fingerprint density at radius 3 is 2.22 bits per heavy atom. The van der Waals surface area contributed by atoms with Gasteiger partial charge in [-0.25, -0.2) is 4.98 Å². The van der Waals surface area contributed by atoms with Crippen LogP contribution in [-0.2, 0) is 13.6 Å². The molecule has 4 heteroatoms. The molecule has 1 heterocycles. The third-order valence-corrected chi connectivity index (χ3v) is 3.65. The zero-order valence-electron chi connectivity index (χ0n) is 11.2. The molecule has 2 N–H and O–H groups in total. The number of benzene rings is 1. The summed E-state index contributed by atoms with van der Waals surface area (Å²) < 4.78 is 1.84. The first-order valence-corrected chi connectivity index (χ1v) is 6.33. The topological polar surface area (TPSA) is 43.8 Å². The first kappa shape index (κ1) is 13.1. The fraction of sp³-hybridized carbons (Fsp3) is 0.357. The Bertz CT molecular complexity index is 576. The number of nitrogens with zero attached hydrogens (tertiary/aromatic N) is 2. The minimum Gasteiger partial charge on any atom is -0.324 e. The Labute approximate surface area is 113 Å². The van der Waals surface area contributed by atoms with Gasteiger partial charge in [0.15, 0.2) is 0 Å². The van der Waals surface area contributed by atoms with E-state index in [1.54, 1.807) is 0 Å². The molecule has 0 unspecified atom stereocenters. The third-order valence-electron chi connectivity index (χ3n) is 3.21. The average Bonchev–Trinajstić information content (AvgIpc) is 2.56. The summed E-state index contributed by atoms with van der Waals surface area (Å²) >= 11 is 6.36. The van der Waals surface area contributed by atoms with Gasteiger partial charge < -0.3 is 10.3 Å². The number of imidazole rings is 1. The molecule has 0 radical (unpaired) electrons. The second-order valence-electron chi connectivity index (χ2n) is 4.70. The van der Waals surface area contributed by atoms with Crippen LogP contribution in [0.15, 0.2) is 12.1 Å². The number of hydrogen-bond acceptors (Lipinski definition) is 2. The van der Waals surface area contributed by atoms with E-state index < -0.39 is 0 Å². The van der Waals surface area contributed by atoms with Crippen molar-refractivity contribution in [3.63, 3.8) is 0 Å². The number of halogens is 1. The van der Waals surface area contributed by atoms with Gasteiger partial charge in [-0.1, -0.05) is 29.3 Å². The Morgan fingerprint density at radius 2 is 1.78 bits per heavy atom. The Balaban J connectivity index is 2.70. The van der Waals surface area contributed by atoms with Gasteiger partial charge in [-0.3, -0.25) is 0 Å². The second kappa shape index (κ2) is 4.75. The molecule has 0 aliphatic carbocycles. The highest BCUT2D eigenvalue weighted by atomic mass is 35.5. The Hall–Kier alpha value is -1.32. The summed E-state index contributed by atoms with van der Waals surface area (Å²) in [6.07, 6.45) is 0. The largest absolute Gasteiger partial charge is 0.324 e. The van der Waals surface area contributed by atoms with Crippen molar-refractivity contribution in [2.75, 3.05) is 0 Å². The lowest BCUT2D eigenvalue weighted by Gasteiger charge is -2.09. The van der Waals surface area contributed by atoms with Gasteiger partial charge in [0.2, 0.25) is 0 Å². The van der Waals surface area contributed by atoms with E-state index in [1.165, 1.54) is 16.7 Å². The number of nitrogens with two attached hydrogens (primary N) is 1. The van der Waals surface area contributed by atoms with Crippen molar-refractivity contribution in [1.29, 1.82) is 0 Å². The van der Waals surface area contributed by atoms with E-state index in [0.717, 1.165) is 17.1 Å². The molecule has 0 saturated carbocycles. The van der Waals surface area contributed by atoms with Crippen molar-refractivity contribution in [2.45, 2.75) is 27.3 Å². The van der Waals surface area contributed by atoms with Crippen LogP contribution in [0.25, 0.3) is 11.3 Å². The van der Waals surface area contributed by atoms with Crippen molar-refractivity contribution < 1.29 is 0 Å². The maximum absolute atomic E-state index is 6.36. The van der Waals surface area contributed by atoms with Gasteiger partial charge in [0, 0.05) is 12.6 Å². The molecule has 0 aliphatic heterocycles. The molecule has 2 rings (SSSR count). The highest BCUT2D eigenvalue weighted by molar-refractivity contribution is 6.32. The summed E-state index contributed by atoms with van der Waals surface area (Å²) in [5.74, 6) is 0.800. The van der Waals surface area contributed by atoms with Gasteiger partial charge in [0.25, 0.3) is 0 Å². The van der Waals surface area contributed by atoms with Crippen molar-refractivity contribution in [3.8, 4) is 11.3 Å². The predicted molar refractivity (Wildman–Crippen MR) is 75.8 cm³/mol. The van der Waals surface area contributed by atoms with Gasteiger partial charge >= 0.3 is 0 Å². The minimum absolute atomic E-state index is 0.389. The maximum atomic E-state index is 6.36. The Morgan fingerprint density at radius 1 is 1.22 bits per heavy atom. The van der Waals surface area contributed by atoms with Crippen molar-refractivity contribution in [2.24, 2.45) is 12.8 Å². The molecule has 1 aromatic carbocycles. The van der Waals surface area contributed by atoms with Gasteiger partial charge in [-0.2, -0.15) is 0 Å². The summed E-state index contributed by atoms with van der Waals surface area (Å²) in [6.45, 7) is 6.65. The molecule has 3 nitrogen and oxygen atoms in total. The molecule has 0 spiro atoms. The standard InChI is InChI=1S/C14H18ClN3/c1-8-5-9(2)12(10(3)6-8)13-14(15)18(4)11(7-16)17-13/h5-6H,7,16H2,1-4H3. The molecule has 0 fully saturated rings. The average molecular weight is 264 g/mol. The van der Waals surface area contributed by atoms with E-state index in [0.29, 0.717) is 11.7 Å². The molecule has 0 aliphatic rings. The molecule has 96 valence electrons. The molecule has 0 saturated heterocycles. The summed E-state index contributed by atoms with van der Waals surface area (Å²) in [7, 11) is 1.89. The second-order valence-corrected chi connectivity index (χ2v) is 5.06. The van der Waals surface area contributed by atoms with Crippen LogP contribution in [0.1, 0.15) is 22.5 Å². The summed E-state index contributed by atoms with van der Waals surface area (Å²) in [4.78, 5) is 4.56. The summed E-state index contributed by atoms with van der Waals surface area (Å²) in [5.41, 5.74) is 11.2. The normalized spacial score (nSPS) is 11.0. The number of hydrogen-bond donors (Lipinski definition) is 1. The zero-order chi connectivity index (χ0) is 13.4. The van der Waals surface area contributed by atoms with E-state index >= 15 is 0 Å². The molecule has 0 bridgehead atoms. The summed E-state index contributed by atoms with van der Waals surface area (Å²) in [5, 5.41) is 0.644. The highest BCUT2D eigenvalue weighted by Gasteiger charge is 2.17. The minimum atomic E-state index is 0.389. The smallest absolute Gasteiger partial charge is 0.136 e. The molecule has 18 heavy (non-hydrogen) atoms. The van der Waals surface area contributed by atoms with Gasteiger partial charge in [-0.05, 0) is 31.9 Å². The lowest BCUT2D eigenvalue weighted by molar-refractivity contribution is 0.794. The van der Waals surface area contributed by atoms with E-state index in [4.69, 9.17) is 17.3 Å². The van der Waals surface area contributed by atoms with Gasteiger partial charge in [0.1, 0.15) is 16.7 Å². The maximum Gasteiger partial charge on any atom is 0.136 e. The fourth-order valence-corrected chi connectivity index (χ4v) is 2.65. The van der Waals surface area contributed by atoms with Gasteiger partial charge in [-0.15, -0.1) is 0 Å². The van der Waals surface area contributed by atoms with Crippen molar-refractivity contribution >= 4 is 11.6 Å². The van der Waals surface area contributed by atoms with E-state index in [2.05, 4.69) is 37.9 Å². The number of rotatable bonds is 2. The van der Waals surface area contributed by atoms with Crippen LogP contribution in [-0.4, -0.2) is 9.55 Å². The number of aryl methyl sites for hydroxylation is 3. The quantitative estimate of drug-likeness (QED) is 0.905. The third kappa shape index (κ3) is 2.04. The molecule has 0 atom stereocenters. The molecule has 0 amide bonds. The van der Waals surface area contributed by atoms with Gasteiger partial charge in [0.05, 0.1) is 6.54 Å². The SMILES string of the molecule is Cc1cc(C)c(-c2nc(CN)n(C)c2Cl)c(C)c1. The number of aromatic nitrogens is 2. The van der Waals surface area contributed by atoms with Crippen LogP contribution in [0, 0.1) is 20.8 Å². The lowest BCUT2D eigenvalue weighted by Crippen LogP contribution is -2.04. The highest BCUT2D eigenvalue weighted by Crippen LogP contribution is 2.33. The first-order chi connectivity index (χ1) is 8.45.